The average molecular weight is 345 g/mol. The summed E-state index contributed by atoms with van der Waals surface area (Å²) in [5.41, 5.74) is -0.239. The Labute approximate surface area is 138 Å². The Morgan fingerprint density at radius 2 is 1.78 bits per heavy atom. The van der Waals surface area contributed by atoms with Gasteiger partial charge in [-0.25, -0.2) is 12.7 Å². The smallest absolute Gasteiger partial charge is 0.225 e. The number of hydrogen-bond donors (Lipinski definition) is 1. The molecule has 7 nitrogen and oxygen atoms in total. The van der Waals surface area contributed by atoms with E-state index >= 15 is 0 Å². The van der Waals surface area contributed by atoms with E-state index in [0.717, 1.165) is 0 Å². The predicted octanol–water partition coefficient (Wildman–Crippen LogP) is 0.174. The molecular weight excluding hydrogens is 318 g/mol. The van der Waals surface area contributed by atoms with Crippen LogP contribution in [0.5, 0.6) is 0 Å². The number of carbonyl (C=O) groups excluding carboxylic acids is 2. The highest BCUT2D eigenvalue weighted by Crippen LogP contribution is 2.23. The Morgan fingerprint density at radius 1 is 1.22 bits per heavy atom. The zero-order valence-electron chi connectivity index (χ0n) is 14.3. The molecule has 2 heterocycles. The molecule has 1 atom stereocenters. The lowest BCUT2D eigenvalue weighted by Crippen LogP contribution is -2.47. The van der Waals surface area contributed by atoms with Gasteiger partial charge in [0.15, 0.2) is 0 Å². The summed E-state index contributed by atoms with van der Waals surface area (Å²) >= 11 is 0. The summed E-state index contributed by atoms with van der Waals surface area (Å²) in [5, 5.41) is 2.97. The summed E-state index contributed by atoms with van der Waals surface area (Å²) < 4.78 is 24.4. The Hall–Kier alpha value is -1.15. The van der Waals surface area contributed by atoms with Crippen LogP contribution in [0.3, 0.4) is 0 Å². The van der Waals surface area contributed by atoms with Gasteiger partial charge in [-0.2, -0.15) is 0 Å². The highest BCUT2D eigenvalue weighted by molar-refractivity contribution is 7.88. The molecule has 0 radical (unpaired) electrons. The fourth-order valence-corrected chi connectivity index (χ4v) is 4.10. The molecule has 8 heteroatoms. The van der Waals surface area contributed by atoms with Crippen LogP contribution in [-0.4, -0.2) is 66.9 Å². The van der Waals surface area contributed by atoms with Crippen LogP contribution < -0.4 is 5.32 Å². The molecule has 0 saturated carbocycles. The van der Waals surface area contributed by atoms with Crippen molar-refractivity contribution in [3.8, 4) is 0 Å². The molecule has 0 spiro atoms. The van der Waals surface area contributed by atoms with Crippen molar-refractivity contribution >= 4 is 21.8 Å². The maximum Gasteiger partial charge on any atom is 0.225 e. The van der Waals surface area contributed by atoms with Crippen LogP contribution in [0.25, 0.3) is 0 Å². The lowest BCUT2D eigenvalue weighted by Gasteiger charge is -2.32. The van der Waals surface area contributed by atoms with Crippen LogP contribution in [0.2, 0.25) is 0 Å². The number of nitrogens with one attached hydrogen (secondary N) is 1. The molecular formula is C15H27N3O4S. The first kappa shape index (κ1) is 18.2. The summed E-state index contributed by atoms with van der Waals surface area (Å²) in [6.45, 7) is 7.25. The molecule has 2 amide bonds. The van der Waals surface area contributed by atoms with Gasteiger partial charge in [-0.1, -0.05) is 0 Å². The van der Waals surface area contributed by atoms with E-state index in [1.807, 2.05) is 20.8 Å². The van der Waals surface area contributed by atoms with Gasteiger partial charge < -0.3 is 10.2 Å². The van der Waals surface area contributed by atoms with Crippen LogP contribution >= 0.6 is 0 Å². The van der Waals surface area contributed by atoms with Crippen molar-refractivity contribution in [1.29, 1.82) is 0 Å². The number of sulfonamides is 1. The van der Waals surface area contributed by atoms with Crippen molar-refractivity contribution in [1.82, 2.24) is 14.5 Å². The Bertz CT molecular complexity index is 574. The minimum atomic E-state index is -3.18. The molecule has 2 aliphatic rings. The fourth-order valence-electron chi connectivity index (χ4n) is 3.22. The first-order valence-electron chi connectivity index (χ1n) is 8.04. The average Bonchev–Trinajstić information content (AvgIpc) is 2.78. The zero-order chi connectivity index (χ0) is 17.4. The monoisotopic (exact) mass is 345 g/mol. The van der Waals surface area contributed by atoms with Gasteiger partial charge in [0.25, 0.3) is 0 Å². The second-order valence-corrected chi connectivity index (χ2v) is 9.50. The highest BCUT2D eigenvalue weighted by atomic mass is 32.2. The van der Waals surface area contributed by atoms with Crippen LogP contribution in [0.1, 0.15) is 40.0 Å². The summed E-state index contributed by atoms with van der Waals surface area (Å²) in [5.74, 6) is -0.173. The third kappa shape index (κ3) is 4.44. The Balaban J connectivity index is 1.86. The molecule has 0 aromatic heterocycles. The van der Waals surface area contributed by atoms with Gasteiger partial charge in [0.1, 0.15) is 0 Å². The molecule has 2 aliphatic heterocycles. The van der Waals surface area contributed by atoms with Gasteiger partial charge in [0, 0.05) is 37.5 Å². The van der Waals surface area contributed by atoms with Crippen LogP contribution in [0.15, 0.2) is 0 Å². The van der Waals surface area contributed by atoms with E-state index in [9.17, 15) is 18.0 Å². The molecule has 0 bridgehead atoms. The van der Waals surface area contributed by atoms with E-state index in [1.54, 1.807) is 4.90 Å². The van der Waals surface area contributed by atoms with E-state index in [4.69, 9.17) is 0 Å². The second-order valence-electron chi connectivity index (χ2n) is 7.52. The zero-order valence-corrected chi connectivity index (χ0v) is 15.1. The van der Waals surface area contributed by atoms with Crippen molar-refractivity contribution in [2.75, 3.05) is 25.9 Å². The molecule has 1 N–H and O–H groups in total. The molecule has 0 aromatic rings. The third-order valence-electron chi connectivity index (χ3n) is 4.57. The second kappa shape index (κ2) is 6.39. The molecule has 132 valence electrons. The van der Waals surface area contributed by atoms with E-state index in [2.05, 4.69) is 5.32 Å². The maximum absolute atomic E-state index is 12.4. The molecule has 1 unspecified atom stereocenters. The van der Waals surface area contributed by atoms with Gasteiger partial charge in [-0.05, 0) is 33.6 Å². The lowest BCUT2D eigenvalue weighted by atomic mass is 9.97. The van der Waals surface area contributed by atoms with Crippen molar-refractivity contribution < 1.29 is 18.0 Å². The molecule has 23 heavy (non-hydrogen) atoms. The van der Waals surface area contributed by atoms with Gasteiger partial charge in [-0.15, -0.1) is 0 Å². The van der Waals surface area contributed by atoms with Crippen molar-refractivity contribution in [3.05, 3.63) is 0 Å². The van der Waals surface area contributed by atoms with E-state index < -0.39 is 10.0 Å². The highest BCUT2D eigenvalue weighted by Gasteiger charge is 2.38. The summed E-state index contributed by atoms with van der Waals surface area (Å²) in [4.78, 5) is 26.2. The Kier molecular flexibility index (Phi) is 5.06. The number of amides is 2. The number of hydrogen-bond acceptors (Lipinski definition) is 4. The molecule has 2 rings (SSSR count). The van der Waals surface area contributed by atoms with Gasteiger partial charge in [-0.3, -0.25) is 9.59 Å². The maximum atomic E-state index is 12.4. The fraction of sp³-hybridized carbons (Fsp3) is 0.867. The normalized spacial score (nSPS) is 25.0. The number of rotatable bonds is 3. The largest absolute Gasteiger partial charge is 0.351 e. The number of likely N-dealkylation sites (tertiary alicyclic amines) is 1. The summed E-state index contributed by atoms with van der Waals surface area (Å²) in [6.07, 6.45) is 2.59. The molecule has 2 fully saturated rings. The lowest BCUT2D eigenvalue weighted by molar-refractivity contribution is -0.131. The van der Waals surface area contributed by atoms with Crippen molar-refractivity contribution in [3.63, 3.8) is 0 Å². The molecule has 0 aromatic carbocycles. The number of carbonyl (C=O) groups is 2. The van der Waals surface area contributed by atoms with Crippen molar-refractivity contribution in [2.24, 2.45) is 5.92 Å². The van der Waals surface area contributed by atoms with Gasteiger partial charge in [0.2, 0.25) is 21.8 Å². The van der Waals surface area contributed by atoms with Gasteiger partial charge >= 0.3 is 0 Å². The topological polar surface area (TPSA) is 86.8 Å². The first-order chi connectivity index (χ1) is 10.5. The van der Waals surface area contributed by atoms with E-state index in [-0.39, 0.29) is 29.3 Å². The van der Waals surface area contributed by atoms with Crippen LogP contribution in [0, 0.1) is 5.92 Å². The quantitative estimate of drug-likeness (QED) is 0.790. The summed E-state index contributed by atoms with van der Waals surface area (Å²) in [7, 11) is -3.18. The van der Waals surface area contributed by atoms with Gasteiger partial charge in [0.05, 0.1) is 12.3 Å². The van der Waals surface area contributed by atoms with Crippen LogP contribution in [-0.2, 0) is 19.6 Å². The van der Waals surface area contributed by atoms with Crippen molar-refractivity contribution in [2.45, 2.75) is 51.6 Å². The minimum Gasteiger partial charge on any atom is -0.351 e. The first-order valence-corrected chi connectivity index (χ1v) is 9.89. The predicted molar refractivity (Wildman–Crippen MR) is 87.2 cm³/mol. The molecule has 2 saturated heterocycles. The van der Waals surface area contributed by atoms with E-state index in [1.165, 1.54) is 10.6 Å². The SMILES string of the molecule is CC(C)(C)N1CC(NC(=O)C2CCN(S(C)(=O)=O)CC2)CC1=O. The minimum absolute atomic E-state index is 0.0632. The molecule has 0 aliphatic carbocycles. The van der Waals surface area contributed by atoms with Crippen LogP contribution in [0.4, 0.5) is 0 Å². The third-order valence-corrected chi connectivity index (χ3v) is 5.88. The van der Waals surface area contributed by atoms with E-state index in [0.29, 0.717) is 38.9 Å². The number of nitrogens with zero attached hydrogens (tertiary/aromatic N) is 2. The summed E-state index contributed by atoms with van der Waals surface area (Å²) in [6, 6.07) is -0.151. The standard InChI is InChI=1S/C15H27N3O4S/c1-15(2,3)18-10-12(9-13(18)19)16-14(20)11-5-7-17(8-6-11)23(4,21)22/h11-12H,5-10H2,1-4H3,(H,16,20). The Morgan fingerprint density at radius 3 is 2.22 bits per heavy atom. The number of piperidine rings is 1.